The number of nitrogens with zero attached hydrogens (tertiary/aromatic N) is 2. The Morgan fingerprint density at radius 3 is 2.35 bits per heavy atom. The number of anilines is 1. The van der Waals surface area contributed by atoms with Gasteiger partial charge >= 0.3 is 6.18 Å². The van der Waals surface area contributed by atoms with Gasteiger partial charge in [-0.3, -0.25) is 9.80 Å². The van der Waals surface area contributed by atoms with E-state index < -0.39 is 30.0 Å². The molecule has 0 radical (unpaired) electrons. The fourth-order valence-corrected chi connectivity index (χ4v) is 5.12. The standard InChI is InChI=1S/C32H30F3N3O2/c1-19(24-14-25(22-11-12-22)16-26(15-24)31(40)23-8-4-3-5-9-23)20(2)30(39)28-17-29(32(33,34)35)37-38(28)27-10-6-7-21(13-27)18-36/h3-10,13-17,19-20,22,29,31,37,40H,11-12H2,1-2H3. The van der Waals surface area contributed by atoms with Crippen molar-refractivity contribution < 1.29 is 23.1 Å². The van der Waals surface area contributed by atoms with Crippen molar-refractivity contribution in [2.24, 2.45) is 5.92 Å². The first-order valence-corrected chi connectivity index (χ1v) is 13.3. The summed E-state index contributed by atoms with van der Waals surface area (Å²) < 4.78 is 41.2. The molecule has 1 heterocycles. The first-order valence-electron chi connectivity index (χ1n) is 13.3. The summed E-state index contributed by atoms with van der Waals surface area (Å²) in [5, 5.41) is 21.5. The Labute approximate surface area is 231 Å². The molecule has 2 aliphatic rings. The number of allylic oxidation sites excluding steroid dienone is 1. The number of rotatable bonds is 8. The fourth-order valence-electron chi connectivity index (χ4n) is 5.12. The minimum atomic E-state index is -4.61. The van der Waals surface area contributed by atoms with Gasteiger partial charge in [-0.2, -0.15) is 18.4 Å². The zero-order chi connectivity index (χ0) is 28.6. The summed E-state index contributed by atoms with van der Waals surface area (Å²) in [6.45, 7) is 3.60. The predicted molar refractivity (Wildman–Crippen MR) is 146 cm³/mol. The highest BCUT2D eigenvalue weighted by atomic mass is 19.4. The van der Waals surface area contributed by atoms with Crippen LogP contribution in [0.15, 0.2) is 84.6 Å². The third-order valence-corrected chi connectivity index (χ3v) is 7.84. The van der Waals surface area contributed by atoms with E-state index in [-0.39, 0.29) is 22.9 Å². The van der Waals surface area contributed by atoms with E-state index in [1.54, 1.807) is 25.1 Å². The van der Waals surface area contributed by atoms with Crippen LogP contribution >= 0.6 is 0 Å². The smallest absolute Gasteiger partial charge is 0.384 e. The highest BCUT2D eigenvalue weighted by Gasteiger charge is 2.45. The number of hydrogen-bond acceptors (Lipinski definition) is 5. The molecule has 4 atom stereocenters. The molecule has 0 bridgehead atoms. The van der Waals surface area contributed by atoms with Crippen LogP contribution in [0, 0.1) is 17.2 Å². The Morgan fingerprint density at radius 2 is 1.70 bits per heavy atom. The lowest BCUT2D eigenvalue weighted by atomic mass is 9.82. The van der Waals surface area contributed by atoms with E-state index in [4.69, 9.17) is 0 Å². The second-order valence-electron chi connectivity index (χ2n) is 10.7. The highest BCUT2D eigenvalue weighted by Crippen LogP contribution is 2.43. The van der Waals surface area contributed by atoms with Gasteiger partial charge in [-0.15, -0.1) is 0 Å². The largest absolute Gasteiger partial charge is 0.409 e. The number of ketones is 1. The average Bonchev–Trinajstić information content (AvgIpc) is 3.72. The second kappa shape index (κ2) is 10.9. The van der Waals surface area contributed by atoms with Gasteiger partial charge < -0.3 is 5.11 Å². The molecule has 5 nitrogen and oxygen atoms in total. The molecule has 3 aromatic rings. The van der Waals surface area contributed by atoms with Gasteiger partial charge in [0.2, 0.25) is 0 Å². The van der Waals surface area contributed by atoms with Crippen LogP contribution in [0.4, 0.5) is 18.9 Å². The highest BCUT2D eigenvalue weighted by molar-refractivity contribution is 6.01. The van der Waals surface area contributed by atoms with Crippen molar-refractivity contribution >= 4 is 11.5 Å². The van der Waals surface area contributed by atoms with Crippen molar-refractivity contribution in [1.82, 2.24) is 5.43 Å². The Hall–Kier alpha value is -3.93. The Morgan fingerprint density at radius 1 is 1.00 bits per heavy atom. The lowest BCUT2D eigenvalue weighted by molar-refractivity contribution is -0.142. The van der Waals surface area contributed by atoms with Crippen molar-refractivity contribution in [2.45, 2.75) is 56.8 Å². The number of carbonyl (C=O) groups is 1. The molecule has 0 saturated heterocycles. The SMILES string of the molecule is CC(C(=O)C1=CC(C(F)(F)F)NN1c1cccc(C#N)c1)C(C)c1cc(C2CC2)cc(C(O)c2ccccc2)c1. The van der Waals surface area contributed by atoms with Crippen LogP contribution in [0.5, 0.6) is 0 Å². The van der Waals surface area contributed by atoms with Gasteiger partial charge in [0.05, 0.1) is 23.0 Å². The summed E-state index contributed by atoms with van der Waals surface area (Å²) in [6, 6.07) is 21.3. The Balaban J connectivity index is 1.47. The topological polar surface area (TPSA) is 76.4 Å². The van der Waals surface area contributed by atoms with Crippen molar-refractivity contribution in [1.29, 1.82) is 5.26 Å². The zero-order valence-electron chi connectivity index (χ0n) is 22.2. The van der Waals surface area contributed by atoms with E-state index in [1.165, 1.54) is 6.07 Å². The van der Waals surface area contributed by atoms with Gasteiger partial charge in [0.25, 0.3) is 0 Å². The number of hydrogen-bond donors (Lipinski definition) is 2. The molecule has 1 aliphatic heterocycles. The molecule has 0 spiro atoms. The van der Waals surface area contributed by atoms with Crippen molar-refractivity contribution in [3.05, 3.63) is 112 Å². The van der Waals surface area contributed by atoms with E-state index in [0.29, 0.717) is 5.92 Å². The lowest BCUT2D eigenvalue weighted by Gasteiger charge is -2.27. The number of halogens is 3. The summed E-state index contributed by atoms with van der Waals surface area (Å²) in [5.41, 5.74) is 6.26. The van der Waals surface area contributed by atoms with E-state index in [0.717, 1.165) is 46.2 Å². The van der Waals surface area contributed by atoms with Crippen LogP contribution < -0.4 is 10.4 Å². The van der Waals surface area contributed by atoms with Crippen molar-refractivity contribution in [3.8, 4) is 6.07 Å². The average molecular weight is 546 g/mol. The molecule has 4 unspecified atom stereocenters. The fraction of sp³-hybridized carbons (Fsp3) is 0.312. The summed E-state index contributed by atoms with van der Waals surface area (Å²) in [4.78, 5) is 13.8. The summed E-state index contributed by atoms with van der Waals surface area (Å²) >= 11 is 0. The van der Waals surface area contributed by atoms with E-state index in [2.05, 4.69) is 11.5 Å². The molecular weight excluding hydrogens is 515 g/mol. The number of nitriles is 1. The molecular formula is C32H30F3N3O2. The van der Waals surface area contributed by atoms with E-state index >= 15 is 0 Å². The zero-order valence-corrected chi connectivity index (χ0v) is 22.2. The first kappa shape index (κ1) is 27.6. The number of aliphatic hydroxyl groups excluding tert-OH is 1. The molecule has 40 heavy (non-hydrogen) atoms. The van der Waals surface area contributed by atoms with Crippen LogP contribution in [0.25, 0.3) is 0 Å². The Bertz CT molecular complexity index is 1470. The number of hydrazine groups is 1. The van der Waals surface area contributed by atoms with Crippen LogP contribution in [0.1, 0.15) is 72.4 Å². The molecule has 1 aliphatic carbocycles. The van der Waals surface area contributed by atoms with E-state index in [9.17, 15) is 28.3 Å². The van der Waals surface area contributed by atoms with Gasteiger partial charge in [0, 0.05) is 5.92 Å². The number of aliphatic hydroxyl groups is 1. The monoisotopic (exact) mass is 545 g/mol. The molecule has 3 aromatic carbocycles. The van der Waals surface area contributed by atoms with Gasteiger partial charge in [-0.05, 0) is 71.2 Å². The first-order chi connectivity index (χ1) is 19.1. The predicted octanol–water partition coefficient (Wildman–Crippen LogP) is 6.67. The number of carbonyl (C=O) groups excluding carboxylic acids is 1. The lowest BCUT2D eigenvalue weighted by Crippen LogP contribution is -2.45. The summed E-state index contributed by atoms with van der Waals surface area (Å²) in [5.74, 6) is -1.06. The minimum Gasteiger partial charge on any atom is -0.384 e. The van der Waals surface area contributed by atoms with Crippen LogP contribution in [-0.2, 0) is 4.79 Å². The molecule has 206 valence electrons. The molecule has 5 rings (SSSR count). The molecule has 1 saturated carbocycles. The second-order valence-corrected chi connectivity index (χ2v) is 10.7. The van der Waals surface area contributed by atoms with Crippen molar-refractivity contribution in [2.75, 3.05) is 5.01 Å². The summed E-state index contributed by atoms with van der Waals surface area (Å²) in [6.07, 6.45) is -2.42. The normalized spacial score (nSPS) is 19.5. The van der Waals surface area contributed by atoms with Gasteiger partial charge in [0.15, 0.2) is 5.78 Å². The molecule has 0 amide bonds. The number of alkyl halides is 3. The van der Waals surface area contributed by atoms with Gasteiger partial charge in [-0.25, -0.2) is 5.43 Å². The maximum atomic E-state index is 13.8. The van der Waals surface area contributed by atoms with Crippen molar-refractivity contribution in [3.63, 3.8) is 0 Å². The minimum absolute atomic E-state index is 0.111. The quantitative estimate of drug-likeness (QED) is 0.331. The maximum absolute atomic E-state index is 13.8. The third kappa shape index (κ3) is 5.67. The van der Waals surface area contributed by atoms with Gasteiger partial charge in [-0.1, -0.05) is 68.4 Å². The molecule has 0 aromatic heterocycles. The number of benzene rings is 3. The van der Waals surface area contributed by atoms with Gasteiger partial charge in [0.1, 0.15) is 12.1 Å². The molecule has 8 heteroatoms. The third-order valence-electron chi connectivity index (χ3n) is 7.84. The molecule has 2 N–H and O–H groups in total. The maximum Gasteiger partial charge on any atom is 0.409 e. The van der Waals surface area contributed by atoms with Crippen LogP contribution in [-0.4, -0.2) is 23.1 Å². The summed E-state index contributed by atoms with van der Waals surface area (Å²) in [7, 11) is 0. The van der Waals surface area contributed by atoms with Crippen LogP contribution in [0.3, 0.4) is 0 Å². The van der Waals surface area contributed by atoms with Crippen LogP contribution in [0.2, 0.25) is 0 Å². The Kier molecular flexibility index (Phi) is 7.54. The number of nitrogens with one attached hydrogen (secondary N) is 1. The van der Waals surface area contributed by atoms with E-state index in [1.807, 2.05) is 55.5 Å². The number of Topliss-reactive ketones (excluding diaryl/α,β-unsaturated/α-hetero) is 1. The molecule has 1 fully saturated rings.